The number of aryl methyl sites for hydroxylation is 2. The van der Waals surface area contributed by atoms with Gasteiger partial charge in [-0.25, -0.2) is 4.98 Å². The summed E-state index contributed by atoms with van der Waals surface area (Å²) in [4.78, 5) is 4.72. The number of hydrogen-bond donors (Lipinski definition) is 0. The zero-order chi connectivity index (χ0) is 13.4. The van der Waals surface area contributed by atoms with Gasteiger partial charge in [-0.2, -0.15) is 5.10 Å². The van der Waals surface area contributed by atoms with Gasteiger partial charge in [0.15, 0.2) is 0 Å². The molecule has 102 valence electrons. The van der Waals surface area contributed by atoms with Gasteiger partial charge in [-0.1, -0.05) is 0 Å². The van der Waals surface area contributed by atoms with Crippen LogP contribution in [0.4, 0.5) is 0 Å². The van der Waals surface area contributed by atoms with Crippen LogP contribution in [0.25, 0.3) is 0 Å². The van der Waals surface area contributed by atoms with E-state index in [1.54, 1.807) is 0 Å². The number of rotatable bonds is 3. The molecule has 19 heavy (non-hydrogen) atoms. The van der Waals surface area contributed by atoms with Crippen molar-refractivity contribution in [1.82, 2.24) is 19.3 Å². The molecule has 0 aliphatic heterocycles. The molecule has 4 nitrogen and oxygen atoms in total. The molecular formula is C15H22N4. The van der Waals surface area contributed by atoms with Gasteiger partial charge in [0.1, 0.15) is 5.82 Å². The summed E-state index contributed by atoms with van der Waals surface area (Å²) >= 11 is 0. The fourth-order valence-electron chi connectivity index (χ4n) is 2.86. The molecule has 3 rings (SSSR count). The zero-order valence-corrected chi connectivity index (χ0v) is 12.1. The Morgan fingerprint density at radius 3 is 2.79 bits per heavy atom. The van der Waals surface area contributed by atoms with Gasteiger partial charge in [-0.05, 0) is 52.5 Å². The minimum absolute atomic E-state index is 0.423. The Kier molecular flexibility index (Phi) is 3.17. The van der Waals surface area contributed by atoms with E-state index in [4.69, 9.17) is 4.98 Å². The summed E-state index contributed by atoms with van der Waals surface area (Å²) in [6.45, 7) is 7.27. The fraction of sp³-hybridized carbons (Fsp3) is 0.600. The number of hydrogen-bond acceptors (Lipinski definition) is 2. The van der Waals surface area contributed by atoms with Gasteiger partial charge in [-0.3, -0.25) is 4.68 Å². The van der Waals surface area contributed by atoms with Crippen molar-refractivity contribution in [3.63, 3.8) is 0 Å². The highest BCUT2D eigenvalue weighted by molar-refractivity contribution is 5.21. The van der Waals surface area contributed by atoms with Crippen LogP contribution < -0.4 is 0 Å². The zero-order valence-electron chi connectivity index (χ0n) is 12.1. The molecule has 0 saturated carbocycles. The Balaban J connectivity index is 1.88. The van der Waals surface area contributed by atoms with Crippen LogP contribution in [0, 0.1) is 6.92 Å². The third kappa shape index (κ3) is 2.31. The molecule has 4 heteroatoms. The summed E-state index contributed by atoms with van der Waals surface area (Å²) in [7, 11) is 0. The Hall–Kier alpha value is -1.58. The molecule has 0 fully saturated rings. The molecule has 0 aromatic carbocycles. The lowest BCUT2D eigenvalue weighted by Crippen LogP contribution is -2.11. The lowest BCUT2D eigenvalue weighted by Gasteiger charge is -2.14. The molecule has 0 atom stereocenters. The summed E-state index contributed by atoms with van der Waals surface area (Å²) in [5.74, 6) is 1.13. The van der Waals surface area contributed by atoms with Crippen molar-refractivity contribution >= 4 is 0 Å². The first kappa shape index (κ1) is 12.5. The van der Waals surface area contributed by atoms with Crippen LogP contribution in [0.15, 0.2) is 12.3 Å². The Morgan fingerprint density at radius 2 is 2.05 bits per heavy atom. The largest absolute Gasteiger partial charge is 0.326 e. The molecule has 0 N–H and O–H groups in total. The normalized spacial score (nSPS) is 14.9. The molecule has 0 spiro atoms. The highest BCUT2D eigenvalue weighted by atomic mass is 15.3. The van der Waals surface area contributed by atoms with Crippen LogP contribution in [-0.2, 0) is 19.4 Å². The SMILES string of the molecule is Cc1nc2c(n1Cc1ccn(C(C)C)n1)CCCC2. The Morgan fingerprint density at radius 1 is 1.26 bits per heavy atom. The molecule has 2 heterocycles. The van der Waals surface area contributed by atoms with E-state index in [2.05, 4.69) is 42.7 Å². The van der Waals surface area contributed by atoms with Crippen LogP contribution in [0.1, 0.15) is 55.6 Å². The molecule has 0 saturated heterocycles. The van der Waals surface area contributed by atoms with Crippen molar-refractivity contribution in [3.05, 3.63) is 35.2 Å². The van der Waals surface area contributed by atoms with Gasteiger partial charge in [0, 0.05) is 17.9 Å². The van der Waals surface area contributed by atoms with Crippen LogP contribution in [0.2, 0.25) is 0 Å². The minimum atomic E-state index is 0.423. The second-order valence-corrected chi connectivity index (χ2v) is 5.73. The number of imidazole rings is 1. The van der Waals surface area contributed by atoms with E-state index in [0.29, 0.717) is 6.04 Å². The molecule has 0 bridgehead atoms. The van der Waals surface area contributed by atoms with Gasteiger partial charge in [0.05, 0.1) is 17.9 Å². The van der Waals surface area contributed by atoms with Gasteiger partial charge in [0.25, 0.3) is 0 Å². The van der Waals surface area contributed by atoms with Crippen molar-refractivity contribution in [1.29, 1.82) is 0 Å². The van der Waals surface area contributed by atoms with Crippen LogP contribution in [0.5, 0.6) is 0 Å². The van der Waals surface area contributed by atoms with Gasteiger partial charge in [0.2, 0.25) is 0 Å². The molecule has 0 amide bonds. The van der Waals surface area contributed by atoms with Gasteiger partial charge in [-0.15, -0.1) is 0 Å². The maximum Gasteiger partial charge on any atom is 0.106 e. The van der Waals surface area contributed by atoms with Crippen LogP contribution in [-0.4, -0.2) is 19.3 Å². The maximum absolute atomic E-state index is 4.72. The standard InChI is InChI=1S/C15H22N4/c1-11(2)19-9-8-13(17-19)10-18-12(3)16-14-6-4-5-7-15(14)18/h8-9,11H,4-7,10H2,1-3H3. The third-order valence-corrected chi connectivity index (χ3v) is 3.94. The fourth-order valence-corrected chi connectivity index (χ4v) is 2.86. The summed E-state index contributed by atoms with van der Waals surface area (Å²) in [5.41, 5.74) is 3.87. The topological polar surface area (TPSA) is 35.6 Å². The molecular weight excluding hydrogens is 236 g/mol. The molecule has 2 aromatic rings. The smallest absolute Gasteiger partial charge is 0.106 e. The van der Waals surface area contributed by atoms with Crippen molar-refractivity contribution in [2.75, 3.05) is 0 Å². The van der Waals surface area contributed by atoms with Crippen molar-refractivity contribution in [2.45, 2.75) is 59.0 Å². The van der Waals surface area contributed by atoms with E-state index >= 15 is 0 Å². The average molecular weight is 258 g/mol. The third-order valence-electron chi connectivity index (χ3n) is 3.94. The van der Waals surface area contributed by atoms with Crippen LogP contribution in [0.3, 0.4) is 0 Å². The molecule has 2 aromatic heterocycles. The summed E-state index contributed by atoms with van der Waals surface area (Å²) in [6, 6.07) is 2.54. The lowest BCUT2D eigenvalue weighted by atomic mass is 10.0. The van der Waals surface area contributed by atoms with Crippen molar-refractivity contribution in [3.8, 4) is 0 Å². The average Bonchev–Trinajstić information content (AvgIpc) is 2.96. The lowest BCUT2D eigenvalue weighted by molar-refractivity contribution is 0.521. The van der Waals surface area contributed by atoms with E-state index in [9.17, 15) is 0 Å². The predicted molar refractivity (Wildman–Crippen MR) is 75.3 cm³/mol. The Bertz CT molecular complexity index is 577. The monoisotopic (exact) mass is 258 g/mol. The highest BCUT2D eigenvalue weighted by Crippen LogP contribution is 2.22. The van der Waals surface area contributed by atoms with E-state index in [0.717, 1.165) is 24.5 Å². The second-order valence-electron chi connectivity index (χ2n) is 5.73. The Labute approximate surface area is 114 Å². The quantitative estimate of drug-likeness (QED) is 0.848. The molecule has 0 radical (unpaired) electrons. The maximum atomic E-state index is 4.72. The summed E-state index contributed by atoms with van der Waals surface area (Å²) in [5, 5.41) is 4.64. The van der Waals surface area contributed by atoms with Gasteiger partial charge < -0.3 is 4.57 Å². The number of fused-ring (bicyclic) bond motifs is 1. The first-order valence-electron chi connectivity index (χ1n) is 7.24. The summed E-state index contributed by atoms with van der Waals surface area (Å²) in [6.07, 6.45) is 6.95. The first-order chi connectivity index (χ1) is 9.15. The van der Waals surface area contributed by atoms with Crippen molar-refractivity contribution in [2.24, 2.45) is 0 Å². The highest BCUT2D eigenvalue weighted by Gasteiger charge is 2.18. The van der Waals surface area contributed by atoms with E-state index in [1.165, 1.54) is 30.7 Å². The molecule has 1 aliphatic rings. The van der Waals surface area contributed by atoms with E-state index < -0.39 is 0 Å². The minimum Gasteiger partial charge on any atom is -0.326 e. The van der Waals surface area contributed by atoms with Gasteiger partial charge >= 0.3 is 0 Å². The number of aromatic nitrogens is 4. The predicted octanol–water partition coefficient (Wildman–Crippen LogP) is 2.90. The van der Waals surface area contributed by atoms with Crippen molar-refractivity contribution < 1.29 is 0 Å². The molecule has 1 aliphatic carbocycles. The second kappa shape index (κ2) is 4.83. The number of nitrogens with zero attached hydrogens (tertiary/aromatic N) is 4. The van der Waals surface area contributed by atoms with E-state index in [-0.39, 0.29) is 0 Å². The molecule has 0 unspecified atom stereocenters. The summed E-state index contributed by atoms with van der Waals surface area (Å²) < 4.78 is 4.37. The van der Waals surface area contributed by atoms with Crippen LogP contribution >= 0.6 is 0 Å². The first-order valence-corrected chi connectivity index (χ1v) is 7.24. The van der Waals surface area contributed by atoms with E-state index in [1.807, 2.05) is 4.68 Å².